The number of benzene rings is 2. The minimum Gasteiger partial charge on any atom is -0.490 e. The van der Waals surface area contributed by atoms with Gasteiger partial charge in [-0.3, -0.25) is 4.79 Å². The highest BCUT2D eigenvalue weighted by molar-refractivity contribution is 5.99. The van der Waals surface area contributed by atoms with Crippen LogP contribution in [0.5, 0.6) is 5.75 Å². The van der Waals surface area contributed by atoms with Crippen LogP contribution in [0.15, 0.2) is 42.6 Å². The van der Waals surface area contributed by atoms with Crippen molar-refractivity contribution in [3.63, 3.8) is 0 Å². The predicted molar refractivity (Wildman–Crippen MR) is 95.8 cm³/mol. The van der Waals surface area contributed by atoms with E-state index in [2.05, 4.69) is 18.0 Å². The van der Waals surface area contributed by atoms with Gasteiger partial charge in [0.1, 0.15) is 12.4 Å². The first-order chi connectivity index (χ1) is 11.6. The van der Waals surface area contributed by atoms with E-state index in [1.807, 2.05) is 48.4 Å². The van der Waals surface area contributed by atoms with Crippen molar-refractivity contribution in [3.05, 3.63) is 59.3 Å². The second kappa shape index (κ2) is 5.71. The number of aromatic amines is 1. The van der Waals surface area contributed by atoms with Crippen molar-refractivity contribution in [1.29, 1.82) is 0 Å². The van der Waals surface area contributed by atoms with Crippen molar-refractivity contribution < 1.29 is 9.53 Å². The van der Waals surface area contributed by atoms with Crippen LogP contribution in [0.4, 0.5) is 5.69 Å². The van der Waals surface area contributed by atoms with Crippen molar-refractivity contribution in [3.8, 4) is 5.75 Å². The predicted octanol–water partition coefficient (Wildman–Crippen LogP) is 3.75. The molecule has 1 amide bonds. The Morgan fingerprint density at radius 2 is 2.12 bits per heavy atom. The molecule has 0 fully saturated rings. The third-order valence-electron chi connectivity index (χ3n) is 4.62. The van der Waals surface area contributed by atoms with Gasteiger partial charge in [-0.1, -0.05) is 18.2 Å². The number of rotatable bonds is 2. The van der Waals surface area contributed by atoms with Crippen molar-refractivity contribution in [2.75, 3.05) is 18.1 Å². The lowest BCUT2D eigenvalue weighted by molar-refractivity contribution is -0.118. The maximum atomic E-state index is 12.9. The molecule has 1 N–H and O–H groups in total. The van der Waals surface area contributed by atoms with Crippen LogP contribution in [0.1, 0.15) is 16.7 Å². The van der Waals surface area contributed by atoms with E-state index in [0.717, 1.165) is 33.5 Å². The Labute approximate surface area is 141 Å². The van der Waals surface area contributed by atoms with Crippen LogP contribution in [0.25, 0.3) is 10.9 Å². The van der Waals surface area contributed by atoms with Crippen LogP contribution in [-0.2, 0) is 11.2 Å². The van der Waals surface area contributed by atoms with Crippen molar-refractivity contribution >= 4 is 22.5 Å². The number of carbonyl (C=O) groups excluding carboxylic acids is 1. The fraction of sp³-hybridized carbons (Fsp3) is 0.250. The summed E-state index contributed by atoms with van der Waals surface area (Å²) in [6.07, 6.45) is 2.34. The van der Waals surface area contributed by atoms with Crippen molar-refractivity contribution in [2.24, 2.45) is 0 Å². The number of nitrogens with zero attached hydrogens (tertiary/aromatic N) is 1. The van der Waals surface area contributed by atoms with Gasteiger partial charge < -0.3 is 14.6 Å². The van der Waals surface area contributed by atoms with Crippen LogP contribution in [0, 0.1) is 13.8 Å². The monoisotopic (exact) mass is 320 g/mol. The Bertz CT molecular complexity index is 927. The standard InChI is InChI=1S/C20H20N2O2/c1-13-6-7-17-18(10-13)24-9-8-22(17)19(23)11-15-12-21-16-5-3-4-14(2)20(15)16/h3-7,10,12,21H,8-9,11H2,1-2H3. The van der Waals surface area contributed by atoms with Crippen molar-refractivity contribution in [1.82, 2.24) is 4.98 Å². The molecular weight excluding hydrogens is 300 g/mol. The Kier molecular flexibility index (Phi) is 3.53. The van der Waals surface area contributed by atoms with Gasteiger partial charge in [0.25, 0.3) is 0 Å². The molecule has 24 heavy (non-hydrogen) atoms. The molecule has 0 bridgehead atoms. The van der Waals surface area contributed by atoms with E-state index < -0.39 is 0 Å². The number of carbonyl (C=O) groups is 1. The number of aryl methyl sites for hydroxylation is 2. The summed E-state index contributed by atoms with van der Waals surface area (Å²) < 4.78 is 5.71. The minimum atomic E-state index is 0.104. The third-order valence-corrected chi connectivity index (χ3v) is 4.62. The van der Waals surface area contributed by atoms with E-state index in [-0.39, 0.29) is 5.91 Å². The zero-order valence-electron chi connectivity index (χ0n) is 13.9. The van der Waals surface area contributed by atoms with E-state index >= 15 is 0 Å². The summed E-state index contributed by atoms with van der Waals surface area (Å²) >= 11 is 0. The first kappa shape index (κ1) is 14.8. The van der Waals surface area contributed by atoms with Gasteiger partial charge in [0.05, 0.1) is 18.7 Å². The summed E-state index contributed by atoms with van der Waals surface area (Å²) in [5.74, 6) is 0.900. The fourth-order valence-electron chi connectivity index (χ4n) is 3.44. The second-order valence-electron chi connectivity index (χ2n) is 6.35. The highest BCUT2D eigenvalue weighted by Gasteiger charge is 2.24. The number of amides is 1. The Hall–Kier alpha value is -2.75. The number of hydrogen-bond donors (Lipinski definition) is 1. The van der Waals surface area contributed by atoms with Gasteiger partial charge in [0, 0.05) is 17.1 Å². The van der Waals surface area contributed by atoms with E-state index in [4.69, 9.17) is 4.74 Å². The van der Waals surface area contributed by atoms with Gasteiger partial charge in [0.15, 0.2) is 0 Å². The summed E-state index contributed by atoms with van der Waals surface area (Å²) in [7, 11) is 0. The molecule has 0 radical (unpaired) electrons. The van der Waals surface area contributed by atoms with Crippen LogP contribution >= 0.6 is 0 Å². The van der Waals surface area contributed by atoms with E-state index in [0.29, 0.717) is 19.6 Å². The molecule has 0 saturated heterocycles. The van der Waals surface area contributed by atoms with Gasteiger partial charge >= 0.3 is 0 Å². The SMILES string of the molecule is Cc1ccc2c(c1)OCCN2C(=O)Cc1c[nH]c2cccc(C)c12. The number of hydrogen-bond acceptors (Lipinski definition) is 2. The normalized spacial score (nSPS) is 13.7. The Morgan fingerprint density at radius 1 is 1.25 bits per heavy atom. The van der Waals surface area contributed by atoms with Crippen LogP contribution in [-0.4, -0.2) is 24.0 Å². The summed E-state index contributed by atoms with van der Waals surface area (Å²) in [6, 6.07) is 12.1. The number of nitrogens with one attached hydrogen (secondary N) is 1. The van der Waals surface area contributed by atoms with Gasteiger partial charge in [0.2, 0.25) is 5.91 Å². The average Bonchev–Trinajstić information content (AvgIpc) is 2.98. The van der Waals surface area contributed by atoms with E-state index in [1.54, 1.807) is 0 Å². The zero-order chi connectivity index (χ0) is 16.7. The molecule has 2 aromatic carbocycles. The fourth-order valence-corrected chi connectivity index (χ4v) is 3.44. The smallest absolute Gasteiger partial charge is 0.231 e. The highest BCUT2D eigenvalue weighted by atomic mass is 16.5. The van der Waals surface area contributed by atoms with Gasteiger partial charge in [-0.25, -0.2) is 0 Å². The molecule has 4 rings (SSSR count). The molecule has 0 saturated carbocycles. The van der Waals surface area contributed by atoms with Crippen LogP contribution in [0.2, 0.25) is 0 Å². The molecule has 4 heteroatoms. The molecule has 0 atom stereocenters. The molecule has 0 spiro atoms. The summed E-state index contributed by atoms with van der Waals surface area (Å²) in [4.78, 5) is 18.0. The molecule has 1 aliphatic heterocycles. The zero-order valence-corrected chi connectivity index (χ0v) is 13.9. The first-order valence-corrected chi connectivity index (χ1v) is 8.23. The van der Waals surface area contributed by atoms with Gasteiger partial charge in [-0.05, 0) is 48.7 Å². The number of fused-ring (bicyclic) bond motifs is 2. The summed E-state index contributed by atoms with van der Waals surface area (Å²) in [5.41, 5.74) is 5.32. The van der Waals surface area contributed by atoms with Gasteiger partial charge in [-0.2, -0.15) is 0 Å². The molecule has 122 valence electrons. The average molecular weight is 320 g/mol. The van der Waals surface area contributed by atoms with Gasteiger partial charge in [-0.15, -0.1) is 0 Å². The molecular formula is C20H20N2O2. The quantitative estimate of drug-likeness (QED) is 0.781. The van der Waals surface area contributed by atoms with Crippen LogP contribution < -0.4 is 9.64 Å². The molecule has 0 aliphatic carbocycles. The number of H-pyrrole nitrogens is 1. The topological polar surface area (TPSA) is 45.3 Å². The lowest BCUT2D eigenvalue weighted by Gasteiger charge is -2.29. The molecule has 4 nitrogen and oxygen atoms in total. The lowest BCUT2D eigenvalue weighted by Crippen LogP contribution is -2.38. The highest BCUT2D eigenvalue weighted by Crippen LogP contribution is 2.33. The maximum absolute atomic E-state index is 12.9. The minimum absolute atomic E-state index is 0.104. The van der Waals surface area contributed by atoms with E-state index in [9.17, 15) is 4.79 Å². The lowest BCUT2D eigenvalue weighted by atomic mass is 10.0. The van der Waals surface area contributed by atoms with Crippen LogP contribution in [0.3, 0.4) is 0 Å². The second-order valence-corrected chi connectivity index (χ2v) is 6.35. The first-order valence-electron chi connectivity index (χ1n) is 8.23. The molecule has 1 aliphatic rings. The Morgan fingerprint density at radius 3 is 3.00 bits per heavy atom. The number of anilines is 1. The van der Waals surface area contributed by atoms with E-state index in [1.165, 1.54) is 5.56 Å². The summed E-state index contributed by atoms with van der Waals surface area (Å²) in [5, 5.41) is 1.16. The third kappa shape index (κ3) is 2.44. The molecule has 1 aromatic heterocycles. The number of ether oxygens (including phenoxy) is 1. The molecule has 3 aromatic rings. The summed E-state index contributed by atoms with van der Waals surface area (Å²) in [6.45, 7) is 5.24. The van der Waals surface area contributed by atoms with Crippen molar-refractivity contribution in [2.45, 2.75) is 20.3 Å². The molecule has 0 unspecified atom stereocenters. The maximum Gasteiger partial charge on any atom is 0.231 e. The molecule has 2 heterocycles. The Balaban J connectivity index is 1.66. The number of aromatic nitrogens is 1. The largest absolute Gasteiger partial charge is 0.490 e.